The standard InChI is InChI=1S/C13H23NO6/c1-5-17-12-9(14-7(2)15)10(16)11-8(19-12)6-18-13(3,4)20-11/h8-12,16H,5-6H2,1-4H3,(H,14,15)/t8-,9-,10-,11-,12+/m1/s1. The summed E-state index contributed by atoms with van der Waals surface area (Å²) in [5.74, 6) is -1.04. The van der Waals surface area contributed by atoms with Crippen LogP contribution < -0.4 is 5.32 Å². The maximum atomic E-state index is 11.3. The average Bonchev–Trinajstić information content (AvgIpc) is 2.34. The Morgan fingerprint density at radius 3 is 2.80 bits per heavy atom. The Labute approximate surface area is 118 Å². The quantitative estimate of drug-likeness (QED) is 0.746. The van der Waals surface area contributed by atoms with Crippen molar-refractivity contribution in [3.8, 4) is 0 Å². The van der Waals surface area contributed by atoms with Crippen molar-refractivity contribution in [2.24, 2.45) is 0 Å². The normalized spacial score (nSPS) is 40.0. The fourth-order valence-electron chi connectivity index (χ4n) is 2.54. The Kier molecular flexibility index (Phi) is 4.66. The molecule has 2 saturated heterocycles. The molecule has 0 aromatic carbocycles. The number of amides is 1. The molecular weight excluding hydrogens is 266 g/mol. The van der Waals surface area contributed by atoms with Crippen LogP contribution in [-0.4, -0.2) is 60.7 Å². The van der Waals surface area contributed by atoms with Gasteiger partial charge < -0.3 is 29.4 Å². The number of carbonyl (C=O) groups is 1. The zero-order chi connectivity index (χ0) is 14.9. The zero-order valence-electron chi connectivity index (χ0n) is 12.3. The highest BCUT2D eigenvalue weighted by molar-refractivity contribution is 5.73. The molecule has 20 heavy (non-hydrogen) atoms. The van der Waals surface area contributed by atoms with Gasteiger partial charge in [-0.3, -0.25) is 4.79 Å². The molecule has 0 spiro atoms. The van der Waals surface area contributed by atoms with Crippen molar-refractivity contribution in [2.45, 2.75) is 64.1 Å². The third-order valence-corrected chi connectivity index (χ3v) is 3.39. The summed E-state index contributed by atoms with van der Waals surface area (Å²) in [6.45, 7) is 7.49. The van der Waals surface area contributed by atoms with Crippen LogP contribution in [0.2, 0.25) is 0 Å². The number of carbonyl (C=O) groups excluding carboxylic acids is 1. The minimum absolute atomic E-state index is 0.257. The first-order valence-corrected chi connectivity index (χ1v) is 6.88. The van der Waals surface area contributed by atoms with E-state index in [0.29, 0.717) is 13.2 Å². The number of hydrogen-bond donors (Lipinski definition) is 2. The molecule has 7 heteroatoms. The van der Waals surface area contributed by atoms with Gasteiger partial charge in [-0.25, -0.2) is 0 Å². The van der Waals surface area contributed by atoms with Gasteiger partial charge in [0, 0.05) is 13.5 Å². The van der Waals surface area contributed by atoms with Crippen molar-refractivity contribution < 1.29 is 28.8 Å². The van der Waals surface area contributed by atoms with Gasteiger partial charge in [0.1, 0.15) is 24.4 Å². The summed E-state index contributed by atoms with van der Waals surface area (Å²) in [7, 11) is 0. The molecule has 0 aromatic heterocycles. The zero-order valence-corrected chi connectivity index (χ0v) is 12.3. The molecule has 2 fully saturated rings. The summed E-state index contributed by atoms with van der Waals surface area (Å²) in [6.07, 6.45) is -2.61. The topological polar surface area (TPSA) is 86.2 Å². The van der Waals surface area contributed by atoms with Gasteiger partial charge >= 0.3 is 0 Å². The van der Waals surface area contributed by atoms with E-state index < -0.39 is 36.4 Å². The summed E-state index contributed by atoms with van der Waals surface area (Å²) >= 11 is 0. The monoisotopic (exact) mass is 289 g/mol. The number of ether oxygens (including phenoxy) is 4. The van der Waals surface area contributed by atoms with E-state index in [4.69, 9.17) is 18.9 Å². The molecular formula is C13H23NO6. The molecule has 1 amide bonds. The number of aliphatic hydroxyl groups excluding tert-OH is 1. The van der Waals surface area contributed by atoms with E-state index in [1.54, 1.807) is 13.8 Å². The van der Waals surface area contributed by atoms with Crippen LogP contribution in [0.25, 0.3) is 0 Å². The van der Waals surface area contributed by atoms with Crippen LogP contribution in [0.4, 0.5) is 0 Å². The Morgan fingerprint density at radius 1 is 1.50 bits per heavy atom. The lowest BCUT2D eigenvalue weighted by Crippen LogP contribution is -2.68. The van der Waals surface area contributed by atoms with Gasteiger partial charge in [0.15, 0.2) is 12.1 Å². The van der Waals surface area contributed by atoms with Crippen molar-refractivity contribution >= 4 is 5.91 Å². The summed E-state index contributed by atoms with van der Waals surface area (Å²) < 4.78 is 22.5. The molecule has 0 radical (unpaired) electrons. The number of hydrogen-bond acceptors (Lipinski definition) is 6. The molecule has 2 aliphatic rings. The van der Waals surface area contributed by atoms with E-state index in [9.17, 15) is 9.90 Å². The fourth-order valence-corrected chi connectivity index (χ4v) is 2.54. The summed E-state index contributed by atoms with van der Waals surface area (Å²) in [6, 6.07) is -0.664. The molecule has 116 valence electrons. The first-order valence-electron chi connectivity index (χ1n) is 6.88. The molecule has 0 aliphatic carbocycles. The number of aliphatic hydroxyl groups is 1. The third-order valence-electron chi connectivity index (χ3n) is 3.39. The average molecular weight is 289 g/mol. The molecule has 0 unspecified atom stereocenters. The number of nitrogens with one attached hydrogen (secondary N) is 1. The predicted octanol–water partition coefficient (Wildman–Crippen LogP) is -0.235. The van der Waals surface area contributed by atoms with Crippen LogP contribution in [0.3, 0.4) is 0 Å². The van der Waals surface area contributed by atoms with Crippen molar-refractivity contribution in [3.63, 3.8) is 0 Å². The lowest BCUT2D eigenvalue weighted by Gasteiger charge is -2.49. The van der Waals surface area contributed by atoms with Crippen LogP contribution in [0.1, 0.15) is 27.7 Å². The van der Waals surface area contributed by atoms with E-state index in [1.165, 1.54) is 6.92 Å². The van der Waals surface area contributed by atoms with Gasteiger partial charge in [-0.15, -0.1) is 0 Å². The highest BCUT2D eigenvalue weighted by atomic mass is 16.8. The molecule has 0 saturated carbocycles. The van der Waals surface area contributed by atoms with Crippen LogP contribution in [0.15, 0.2) is 0 Å². The van der Waals surface area contributed by atoms with Crippen molar-refractivity contribution in [3.05, 3.63) is 0 Å². The van der Waals surface area contributed by atoms with E-state index in [0.717, 1.165) is 0 Å². The highest BCUT2D eigenvalue weighted by Crippen LogP contribution is 2.32. The van der Waals surface area contributed by atoms with Gasteiger partial charge in [0.25, 0.3) is 0 Å². The van der Waals surface area contributed by atoms with Crippen molar-refractivity contribution in [2.75, 3.05) is 13.2 Å². The largest absolute Gasteiger partial charge is 0.388 e. The molecule has 7 nitrogen and oxygen atoms in total. The minimum atomic E-state index is -0.919. The Balaban J connectivity index is 2.15. The molecule has 0 bridgehead atoms. The van der Waals surface area contributed by atoms with Gasteiger partial charge in [-0.2, -0.15) is 0 Å². The molecule has 2 N–H and O–H groups in total. The second-order valence-electron chi connectivity index (χ2n) is 5.51. The van der Waals surface area contributed by atoms with E-state index in [-0.39, 0.29) is 5.91 Å². The summed E-state index contributed by atoms with van der Waals surface area (Å²) in [4.78, 5) is 11.3. The summed E-state index contributed by atoms with van der Waals surface area (Å²) in [5.41, 5.74) is 0. The van der Waals surface area contributed by atoms with Crippen LogP contribution in [0, 0.1) is 0 Å². The lowest BCUT2D eigenvalue weighted by atomic mass is 9.95. The lowest BCUT2D eigenvalue weighted by molar-refractivity contribution is -0.368. The maximum absolute atomic E-state index is 11.3. The third kappa shape index (κ3) is 3.29. The van der Waals surface area contributed by atoms with Crippen LogP contribution in [-0.2, 0) is 23.7 Å². The minimum Gasteiger partial charge on any atom is -0.388 e. The Morgan fingerprint density at radius 2 is 2.20 bits per heavy atom. The first kappa shape index (κ1) is 15.7. The SMILES string of the molecule is CCO[C@H]1O[C@@H]2COC(C)(C)O[C@H]2[C@H](O)[C@H]1NC(C)=O. The summed E-state index contributed by atoms with van der Waals surface area (Å²) in [5, 5.41) is 13.2. The van der Waals surface area contributed by atoms with Gasteiger partial charge in [0.2, 0.25) is 5.91 Å². The molecule has 2 heterocycles. The molecule has 0 aromatic rings. The number of rotatable bonds is 3. The fraction of sp³-hybridized carbons (Fsp3) is 0.923. The second-order valence-corrected chi connectivity index (χ2v) is 5.51. The van der Waals surface area contributed by atoms with Crippen LogP contribution >= 0.6 is 0 Å². The number of fused-ring (bicyclic) bond motifs is 1. The highest BCUT2D eigenvalue weighted by Gasteiger charge is 2.51. The van der Waals surface area contributed by atoms with Crippen molar-refractivity contribution in [1.29, 1.82) is 0 Å². The van der Waals surface area contributed by atoms with Gasteiger partial charge in [-0.05, 0) is 20.8 Å². The Bertz CT molecular complexity index is 361. The van der Waals surface area contributed by atoms with Gasteiger partial charge in [0.05, 0.1) is 6.61 Å². The van der Waals surface area contributed by atoms with Crippen LogP contribution in [0.5, 0.6) is 0 Å². The molecule has 2 rings (SSSR count). The molecule has 2 aliphatic heterocycles. The van der Waals surface area contributed by atoms with Gasteiger partial charge in [-0.1, -0.05) is 0 Å². The predicted molar refractivity (Wildman–Crippen MR) is 68.8 cm³/mol. The second kappa shape index (κ2) is 5.95. The van der Waals surface area contributed by atoms with E-state index in [1.807, 2.05) is 6.92 Å². The molecule has 5 atom stereocenters. The smallest absolute Gasteiger partial charge is 0.217 e. The van der Waals surface area contributed by atoms with E-state index >= 15 is 0 Å². The first-order chi connectivity index (χ1) is 9.34. The maximum Gasteiger partial charge on any atom is 0.217 e. The Hall–Kier alpha value is -0.730. The van der Waals surface area contributed by atoms with Crippen molar-refractivity contribution in [1.82, 2.24) is 5.32 Å². The van der Waals surface area contributed by atoms with E-state index in [2.05, 4.69) is 5.32 Å².